The molecule has 3 N–H and O–H groups in total. The Morgan fingerprint density at radius 3 is 2.69 bits per heavy atom. The van der Waals surface area contributed by atoms with Gasteiger partial charge in [0.15, 0.2) is 0 Å². The summed E-state index contributed by atoms with van der Waals surface area (Å²) in [5.41, 5.74) is 4.45. The molecule has 1 aromatic rings. The van der Waals surface area contributed by atoms with Gasteiger partial charge in [-0.15, -0.1) is 0 Å². The van der Waals surface area contributed by atoms with E-state index in [9.17, 15) is 13.2 Å². The summed E-state index contributed by atoms with van der Waals surface area (Å²) in [4.78, 5) is 3.49. The summed E-state index contributed by atoms with van der Waals surface area (Å²) < 4.78 is 37.0. The smallest absolute Gasteiger partial charge is 0.368 e. The molecule has 0 radical (unpaired) electrons. The van der Waals surface area contributed by atoms with Crippen molar-refractivity contribution in [2.24, 2.45) is 5.73 Å². The van der Waals surface area contributed by atoms with Crippen molar-refractivity contribution >= 4 is 5.82 Å². The van der Waals surface area contributed by atoms with E-state index in [1.54, 1.807) is 0 Å². The fourth-order valence-electron chi connectivity index (χ4n) is 1.25. The number of rotatable bonds is 4. The highest BCUT2D eigenvalue weighted by Crippen LogP contribution is 2.28. The maximum Gasteiger partial charge on any atom is 0.433 e. The lowest BCUT2D eigenvalue weighted by atomic mass is 10.2. The highest BCUT2D eigenvalue weighted by molar-refractivity contribution is 5.36. The Morgan fingerprint density at radius 2 is 2.12 bits per heavy atom. The molecule has 3 nitrogen and oxygen atoms in total. The first-order chi connectivity index (χ1) is 7.43. The van der Waals surface area contributed by atoms with E-state index in [1.165, 1.54) is 12.1 Å². The van der Waals surface area contributed by atoms with Gasteiger partial charge in [-0.2, -0.15) is 13.2 Å². The van der Waals surface area contributed by atoms with Gasteiger partial charge in [0.25, 0.3) is 0 Å². The van der Waals surface area contributed by atoms with Crippen LogP contribution in [-0.4, -0.2) is 17.6 Å². The van der Waals surface area contributed by atoms with Crippen LogP contribution in [0.15, 0.2) is 18.2 Å². The van der Waals surface area contributed by atoms with Crippen LogP contribution in [0.2, 0.25) is 0 Å². The third-order valence-corrected chi connectivity index (χ3v) is 2.03. The van der Waals surface area contributed by atoms with E-state index in [-0.39, 0.29) is 11.9 Å². The predicted molar refractivity (Wildman–Crippen MR) is 56.0 cm³/mol. The van der Waals surface area contributed by atoms with Gasteiger partial charge in [0.05, 0.1) is 0 Å². The fraction of sp³-hybridized carbons (Fsp3) is 0.500. The van der Waals surface area contributed by atoms with E-state index in [2.05, 4.69) is 10.3 Å². The number of alkyl halides is 3. The molecule has 0 aliphatic rings. The Morgan fingerprint density at radius 1 is 1.44 bits per heavy atom. The molecular formula is C10H14F3N3. The molecule has 1 atom stereocenters. The maximum absolute atomic E-state index is 12.3. The second-order valence-corrected chi connectivity index (χ2v) is 3.53. The highest BCUT2D eigenvalue weighted by atomic mass is 19.4. The maximum atomic E-state index is 12.3. The molecule has 90 valence electrons. The van der Waals surface area contributed by atoms with Crippen molar-refractivity contribution in [3.05, 3.63) is 23.9 Å². The van der Waals surface area contributed by atoms with Crippen molar-refractivity contribution < 1.29 is 13.2 Å². The SMILES string of the molecule is CC(CCN)Nc1cccc(C(F)(F)F)n1. The Bertz CT molecular complexity index is 338. The van der Waals surface area contributed by atoms with E-state index in [4.69, 9.17) is 5.73 Å². The molecular weight excluding hydrogens is 219 g/mol. The molecule has 0 saturated heterocycles. The standard InChI is InChI=1S/C10H14F3N3/c1-7(5-6-14)15-9-4-2-3-8(16-9)10(11,12)13/h2-4,7H,5-6,14H2,1H3,(H,15,16). The predicted octanol–water partition coefficient (Wildman–Crippen LogP) is 2.25. The number of hydrogen-bond donors (Lipinski definition) is 2. The number of nitrogens with zero attached hydrogens (tertiary/aromatic N) is 1. The Balaban J connectivity index is 2.75. The number of anilines is 1. The molecule has 16 heavy (non-hydrogen) atoms. The van der Waals surface area contributed by atoms with Gasteiger partial charge in [-0.05, 0) is 32.0 Å². The van der Waals surface area contributed by atoms with E-state index < -0.39 is 11.9 Å². The average molecular weight is 233 g/mol. The van der Waals surface area contributed by atoms with Crippen molar-refractivity contribution in [2.45, 2.75) is 25.6 Å². The number of aromatic nitrogens is 1. The van der Waals surface area contributed by atoms with E-state index in [1.807, 2.05) is 6.92 Å². The quantitative estimate of drug-likeness (QED) is 0.838. The van der Waals surface area contributed by atoms with Gasteiger partial charge in [-0.3, -0.25) is 0 Å². The summed E-state index contributed by atoms with van der Waals surface area (Å²) in [6.07, 6.45) is -3.73. The van der Waals surface area contributed by atoms with Gasteiger partial charge in [0.1, 0.15) is 11.5 Å². The molecule has 0 aromatic carbocycles. The Kier molecular flexibility index (Phi) is 4.12. The number of nitrogens with one attached hydrogen (secondary N) is 1. The summed E-state index contributed by atoms with van der Waals surface area (Å²) >= 11 is 0. The van der Waals surface area contributed by atoms with Crippen LogP contribution in [0.4, 0.5) is 19.0 Å². The molecule has 0 aliphatic heterocycles. The van der Waals surface area contributed by atoms with Crippen LogP contribution in [0, 0.1) is 0 Å². The highest BCUT2D eigenvalue weighted by Gasteiger charge is 2.32. The average Bonchev–Trinajstić information content (AvgIpc) is 2.17. The third kappa shape index (κ3) is 3.69. The lowest BCUT2D eigenvalue weighted by Gasteiger charge is -2.14. The lowest BCUT2D eigenvalue weighted by molar-refractivity contribution is -0.141. The summed E-state index contributed by atoms with van der Waals surface area (Å²) in [5.74, 6) is 0.218. The Hall–Kier alpha value is -1.30. The second kappa shape index (κ2) is 5.16. The van der Waals surface area contributed by atoms with Crippen LogP contribution in [0.1, 0.15) is 19.0 Å². The van der Waals surface area contributed by atoms with E-state index in [0.717, 1.165) is 6.07 Å². The first kappa shape index (κ1) is 12.8. The largest absolute Gasteiger partial charge is 0.433 e. The first-order valence-corrected chi connectivity index (χ1v) is 4.94. The van der Waals surface area contributed by atoms with Crippen molar-refractivity contribution in [1.29, 1.82) is 0 Å². The molecule has 1 unspecified atom stereocenters. The van der Waals surface area contributed by atoms with Gasteiger partial charge in [-0.1, -0.05) is 6.07 Å². The van der Waals surface area contributed by atoms with Crippen molar-refractivity contribution in [3.8, 4) is 0 Å². The molecule has 0 spiro atoms. The molecule has 0 fully saturated rings. The summed E-state index contributed by atoms with van der Waals surface area (Å²) in [6, 6.07) is 3.77. The van der Waals surface area contributed by atoms with Gasteiger partial charge in [0, 0.05) is 6.04 Å². The molecule has 6 heteroatoms. The zero-order valence-corrected chi connectivity index (χ0v) is 8.88. The molecule has 1 heterocycles. The number of halogens is 3. The zero-order valence-electron chi connectivity index (χ0n) is 8.88. The molecule has 0 aliphatic carbocycles. The zero-order chi connectivity index (χ0) is 12.2. The Labute approximate surface area is 91.9 Å². The minimum absolute atomic E-state index is 0.000911. The van der Waals surface area contributed by atoms with Gasteiger partial charge < -0.3 is 11.1 Å². The van der Waals surface area contributed by atoms with Crippen molar-refractivity contribution in [3.63, 3.8) is 0 Å². The van der Waals surface area contributed by atoms with Crippen LogP contribution < -0.4 is 11.1 Å². The molecule has 0 bridgehead atoms. The topological polar surface area (TPSA) is 50.9 Å². The van der Waals surface area contributed by atoms with Crippen LogP contribution in [0.25, 0.3) is 0 Å². The number of pyridine rings is 1. The number of nitrogens with two attached hydrogens (primary N) is 1. The third-order valence-electron chi connectivity index (χ3n) is 2.03. The summed E-state index contributed by atoms with van der Waals surface area (Å²) in [5, 5.41) is 2.86. The summed E-state index contributed by atoms with van der Waals surface area (Å²) in [7, 11) is 0. The monoisotopic (exact) mass is 233 g/mol. The lowest BCUT2D eigenvalue weighted by Crippen LogP contribution is -2.20. The number of hydrogen-bond acceptors (Lipinski definition) is 3. The minimum atomic E-state index is -4.41. The van der Waals surface area contributed by atoms with Crippen LogP contribution in [-0.2, 0) is 6.18 Å². The first-order valence-electron chi connectivity index (χ1n) is 4.94. The van der Waals surface area contributed by atoms with Crippen molar-refractivity contribution in [2.75, 3.05) is 11.9 Å². The van der Waals surface area contributed by atoms with E-state index >= 15 is 0 Å². The minimum Gasteiger partial charge on any atom is -0.368 e. The van der Waals surface area contributed by atoms with Gasteiger partial charge >= 0.3 is 6.18 Å². The van der Waals surface area contributed by atoms with Crippen molar-refractivity contribution in [1.82, 2.24) is 4.98 Å². The second-order valence-electron chi connectivity index (χ2n) is 3.53. The molecule has 1 rings (SSSR count). The van der Waals surface area contributed by atoms with E-state index in [0.29, 0.717) is 13.0 Å². The van der Waals surface area contributed by atoms with Crippen LogP contribution in [0.3, 0.4) is 0 Å². The van der Waals surface area contributed by atoms with Crippen LogP contribution >= 0.6 is 0 Å². The van der Waals surface area contributed by atoms with Crippen LogP contribution in [0.5, 0.6) is 0 Å². The molecule has 1 aromatic heterocycles. The molecule has 0 amide bonds. The van der Waals surface area contributed by atoms with Gasteiger partial charge in [0.2, 0.25) is 0 Å². The molecule has 0 saturated carbocycles. The fourth-order valence-corrected chi connectivity index (χ4v) is 1.25. The summed E-state index contributed by atoms with van der Waals surface area (Å²) in [6.45, 7) is 2.32. The van der Waals surface area contributed by atoms with Gasteiger partial charge in [-0.25, -0.2) is 4.98 Å². The normalized spacial score (nSPS) is 13.6.